The number of anilines is 2. The van der Waals surface area contributed by atoms with E-state index in [2.05, 4.69) is 20.6 Å². The summed E-state index contributed by atoms with van der Waals surface area (Å²) in [5, 5.41) is 5.50. The highest BCUT2D eigenvalue weighted by Crippen LogP contribution is 2.29. The normalized spacial score (nSPS) is 11.4. The molecule has 0 aliphatic carbocycles. The van der Waals surface area contributed by atoms with Crippen LogP contribution in [0.15, 0.2) is 36.5 Å². The van der Waals surface area contributed by atoms with Crippen LogP contribution in [-0.2, 0) is 6.18 Å². The van der Waals surface area contributed by atoms with Crippen molar-refractivity contribution in [2.24, 2.45) is 0 Å². The van der Waals surface area contributed by atoms with Crippen LogP contribution < -0.4 is 10.6 Å². The van der Waals surface area contributed by atoms with E-state index >= 15 is 0 Å². The van der Waals surface area contributed by atoms with Crippen molar-refractivity contribution in [2.45, 2.75) is 6.18 Å². The Morgan fingerprint density at radius 3 is 2.44 bits per heavy atom. The Morgan fingerprint density at radius 1 is 1.16 bits per heavy atom. The number of carbonyl (C=O) groups excluding carboxylic acids is 1. The number of alkyl halides is 3. The molecule has 0 radical (unpaired) electrons. The number of aromatic nitrogens is 2. The van der Waals surface area contributed by atoms with E-state index in [-0.39, 0.29) is 11.4 Å². The molecular weight excluding hydrogens is 335 g/mol. The second-order valence-electron chi connectivity index (χ2n) is 5.52. The van der Waals surface area contributed by atoms with Gasteiger partial charge in [-0.3, -0.25) is 4.79 Å². The number of carbonyl (C=O) groups is 1. The predicted molar refractivity (Wildman–Crippen MR) is 88.5 cm³/mol. The third-order valence-electron chi connectivity index (χ3n) is 3.20. The number of halogens is 3. The first kappa shape index (κ1) is 18.7. The van der Waals surface area contributed by atoms with Crippen molar-refractivity contribution < 1.29 is 18.0 Å². The van der Waals surface area contributed by atoms with E-state index < -0.39 is 17.6 Å². The van der Waals surface area contributed by atoms with E-state index in [0.29, 0.717) is 12.5 Å². The fourth-order valence-corrected chi connectivity index (χ4v) is 1.90. The second-order valence-corrected chi connectivity index (χ2v) is 5.52. The van der Waals surface area contributed by atoms with E-state index in [4.69, 9.17) is 0 Å². The Balaban J connectivity index is 2.00. The number of nitrogens with one attached hydrogen (secondary N) is 2. The van der Waals surface area contributed by atoms with Gasteiger partial charge >= 0.3 is 6.18 Å². The van der Waals surface area contributed by atoms with Gasteiger partial charge in [0.25, 0.3) is 5.91 Å². The van der Waals surface area contributed by atoms with Gasteiger partial charge in [-0.2, -0.15) is 13.2 Å². The van der Waals surface area contributed by atoms with Crippen molar-refractivity contribution in [3.05, 3.63) is 47.8 Å². The highest BCUT2D eigenvalue weighted by atomic mass is 19.4. The zero-order valence-corrected chi connectivity index (χ0v) is 13.8. The number of hydrogen-bond acceptors (Lipinski definition) is 5. The number of nitrogens with zero attached hydrogens (tertiary/aromatic N) is 3. The molecule has 25 heavy (non-hydrogen) atoms. The van der Waals surface area contributed by atoms with Crippen LogP contribution in [0.3, 0.4) is 0 Å². The van der Waals surface area contributed by atoms with Crippen LogP contribution >= 0.6 is 0 Å². The average molecular weight is 353 g/mol. The number of amides is 1. The summed E-state index contributed by atoms with van der Waals surface area (Å²) in [6.07, 6.45) is -2.98. The number of likely N-dealkylation sites (N-methyl/N-ethyl adjacent to an activating group) is 1. The fraction of sp³-hybridized carbons (Fsp3) is 0.312. The Hall–Kier alpha value is -2.68. The van der Waals surface area contributed by atoms with Gasteiger partial charge in [0.15, 0.2) is 0 Å². The fourth-order valence-electron chi connectivity index (χ4n) is 1.90. The first-order chi connectivity index (χ1) is 11.8. The first-order valence-corrected chi connectivity index (χ1v) is 7.46. The highest BCUT2D eigenvalue weighted by Gasteiger charge is 2.30. The summed E-state index contributed by atoms with van der Waals surface area (Å²) in [7, 11) is 3.85. The first-order valence-electron chi connectivity index (χ1n) is 7.46. The van der Waals surface area contributed by atoms with Crippen LogP contribution in [0.1, 0.15) is 16.1 Å². The molecule has 1 aromatic carbocycles. The van der Waals surface area contributed by atoms with Gasteiger partial charge in [-0.1, -0.05) is 0 Å². The SMILES string of the molecule is CN(C)CCNc1nccc(C(=O)Nc2ccc(C(F)(F)F)cc2)n1. The maximum atomic E-state index is 12.5. The summed E-state index contributed by atoms with van der Waals surface area (Å²) in [5.41, 5.74) is -0.416. The summed E-state index contributed by atoms with van der Waals surface area (Å²) in [6.45, 7) is 1.38. The van der Waals surface area contributed by atoms with Crippen LogP contribution in [0.4, 0.5) is 24.8 Å². The van der Waals surface area contributed by atoms with Gasteiger partial charge in [0.05, 0.1) is 5.56 Å². The van der Waals surface area contributed by atoms with Crippen molar-refractivity contribution >= 4 is 17.5 Å². The van der Waals surface area contributed by atoms with E-state index in [1.54, 1.807) is 0 Å². The molecule has 1 heterocycles. The number of rotatable bonds is 6. The Bertz CT molecular complexity index is 716. The lowest BCUT2D eigenvalue weighted by molar-refractivity contribution is -0.137. The molecule has 6 nitrogen and oxygen atoms in total. The van der Waals surface area contributed by atoms with E-state index in [0.717, 1.165) is 18.7 Å². The summed E-state index contributed by atoms with van der Waals surface area (Å²) in [4.78, 5) is 22.3. The molecule has 0 saturated carbocycles. The summed E-state index contributed by atoms with van der Waals surface area (Å²) in [6, 6.07) is 5.63. The quantitative estimate of drug-likeness (QED) is 0.836. The zero-order valence-electron chi connectivity index (χ0n) is 13.8. The van der Waals surface area contributed by atoms with Crippen molar-refractivity contribution in [3.63, 3.8) is 0 Å². The van der Waals surface area contributed by atoms with Gasteiger partial charge < -0.3 is 15.5 Å². The maximum Gasteiger partial charge on any atom is 0.416 e. The molecule has 2 aromatic rings. The minimum Gasteiger partial charge on any atom is -0.353 e. The smallest absolute Gasteiger partial charge is 0.353 e. The zero-order chi connectivity index (χ0) is 18.4. The van der Waals surface area contributed by atoms with Crippen LogP contribution in [0, 0.1) is 0 Å². The van der Waals surface area contributed by atoms with Crippen molar-refractivity contribution in [3.8, 4) is 0 Å². The summed E-state index contributed by atoms with van der Waals surface area (Å²) < 4.78 is 37.6. The van der Waals surface area contributed by atoms with Gasteiger partial charge in [-0.15, -0.1) is 0 Å². The van der Waals surface area contributed by atoms with Gasteiger partial charge in [-0.05, 0) is 44.4 Å². The number of benzene rings is 1. The predicted octanol–water partition coefficient (Wildman–Crippen LogP) is 2.72. The van der Waals surface area contributed by atoms with Gasteiger partial charge in [0, 0.05) is 25.0 Å². The third kappa shape index (κ3) is 5.71. The molecule has 0 atom stereocenters. The minimum absolute atomic E-state index is 0.113. The van der Waals surface area contributed by atoms with Gasteiger partial charge in [0.2, 0.25) is 5.95 Å². The second kappa shape index (κ2) is 7.93. The van der Waals surface area contributed by atoms with E-state index in [1.165, 1.54) is 24.4 Å². The van der Waals surface area contributed by atoms with Crippen LogP contribution in [0.2, 0.25) is 0 Å². The molecule has 0 aliphatic heterocycles. The highest BCUT2D eigenvalue weighted by molar-refractivity contribution is 6.02. The monoisotopic (exact) mass is 353 g/mol. The Kier molecular flexibility index (Phi) is 5.92. The molecule has 0 fully saturated rings. The van der Waals surface area contributed by atoms with E-state index in [9.17, 15) is 18.0 Å². The largest absolute Gasteiger partial charge is 0.416 e. The lowest BCUT2D eigenvalue weighted by Gasteiger charge is -2.11. The lowest BCUT2D eigenvalue weighted by Crippen LogP contribution is -2.22. The Morgan fingerprint density at radius 2 is 1.84 bits per heavy atom. The molecule has 0 spiro atoms. The third-order valence-corrected chi connectivity index (χ3v) is 3.20. The molecule has 134 valence electrons. The van der Waals surface area contributed by atoms with Crippen LogP contribution in [-0.4, -0.2) is 48.0 Å². The molecule has 1 amide bonds. The number of hydrogen-bond donors (Lipinski definition) is 2. The van der Waals surface area contributed by atoms with Crippen molar-refractivity contribution in [1.29, 1.82) is 0 Å². The van der Waals surface area contributed by atoms with Crippen molar-refractivity contribution in [1.82, 2.24) is 14.9 Å². The molecule has 0 unspecified atom stereocenters. The molecule has 0 aliphatic rings. The van der Waals surface area contributed by atoms with E-state index in [1.807, 2.05) is 19.0 Å². The Labute approximate surface area is 143 Å². The standard InChI is InChI=1S/C16H18F3N5O/c1-24(2)10-9-21-15-20-8-7-13(23-15)14(25)22-12-5-3-11(4-6-12)16(17,18)19/h3-8H,9-10H2,1-2H3,(H,22,25)(H,20,21,23). The molecule has 0 bridgehead atoms. The topological polar surface area (TPSA) is 70.2 Å². The summed E-state index contributed by atoms with van der Waals surface area (Å²) in [5.74, 6) is -0.222. The minimum atomic E-state index is -4.41. The van der Waals surface area contributed by atoms with Gasteiger partial charge in [0.1, 0.15) is 5.69 Å². The van der Waals surface area contributed by atoms with Crippen molar-refractivity contribution in [2.75, 3.05) is 37.8 Å². The van der Waals surface area contributed by atoms with Gasteiger partial charge in [-0.25, -0.2) is 9.97 Å². The molecular formula is C16H18F3N5O. The van der Waals surface area contributed by atoms with Crippen LogP contribution in [0.25, 0.3) is 0 Å². The molecule has 2 rings (SSSR count). The molecule has 0 saturated heterocycles. The molecule has 1 aromatic heterocycles. The molecule has 2 N–H and O–H groups in total. The average Bonchev–Trinajstić information content (AvgIpc) is 2.54. The molecule has 9 heteroatoms. The summed E-state index contributed by atoms with van der Waals surface area (Å²) >= 11 is 0. The lowest BCUT2D eigenvalue weighted by atomic mass is 10.2. The maximum absolute atomic E-state index is 12.5. The van der Waals surface area contributed by atoms with Crippen LogP contribution in [0.5, 0.6) is 0 Å².